The van der Waals surface area contributed by atoms with Crippen LogP contribution in [-0.4, -0.2) is 35.4 Å². The van der Waals surface area contributed by atoms with Crippen LogP contribution in [0, 0.1) is 22.0 Å². The zero-order valence-electron chi connectivity index (χ0n) is 13.4. The number of amides is 1. The van der Waals surface area contributed by atoms with E-state index in [1.165, 1.54) is 43.9 Å². The third kappa shape index (κ3) is 3.80. The van der Waals surface area contributed by atoms with Crippen molar-refractivity contribution in [1.82, 2.24) is 4.90 Å². The average Bonchev–Trinajstić information content (AvgIpc) is 2.59. The number of benzene rings is 1. The first-order valence-electron chi connectivity index (χ1n) is 8.39. The van der Waals surface area contributed by atoms with Crippen LogP contribution in [0.1, 0.15) is 32.1 Å². The fourth-order valence-corrected chi connectivity index (χ4v) is 3.98. The van der Waals surface area contributed by atoms with E-state index in [1.54, 1.807) is 0 Å². The first-order valence-corrected chi connectivity index (χ1v) is 8.77. The van der Waals surface area contributed by atoms with Crippen molar-refractivity contribution < 1.29 is 14.5 Å². The van der Waals surface area contributed by atoms with Crippen molar-refractivity contribution in [3.8, 4) is 5.75 Å². The maximum Gasteiger partial charge on any atom is 0.312 e. The van der Waals surface area contributed by atoms with Crippen molar-refractivity contribution in [2.75, 3.05) is 19.7 Å². The minimum atomic E-state index is -0.556. The van der Waals surface area contributed by atoms with E-state index in [9.17, 15) is 14.9 Å². The third-order valence-electron chi connectivity index (χ3n) is 5.11. The van der Waals surface area contributed by atoms with Crippen molar-refractivity contribution in [2.45, 2.75) is 32.1 Å². The molecular formula is C17H21ClN2O4. The molecule has 7 heteroatoms. The largest absolute Gasteiger partial charge is 0.477 e. The maximum atomic E-state index is 12.4. The Morgan fingerprint density at radius 2 is 2.04 bits per heavy atom. The summed E-state index contributed by atoms with van der Waals surface area (Å²) in [5, 5.41) is 11.3. The number of rotatable bonds is 4. The second kappa shape index (κ2) is 7.38. The van der Waals surface area contributed by atoms with Crippen molar-refractivity contribution in [3.63, 3.8) is 0 Å². The Bertz CT molecular complexity index is 637. The molecular weight excluding hydrogens is 332 g/mol. The van der Waals surface area contributed by atoms with E-state index in [-0.39, 0.29) is 29.0 Å². The molecule has 2 aliphatic rings. The number of nitrogens with zero attached hydrogens (tertiary/aromatic N) is 2. The molecule has 24 heavy (non-hydrogen) atoms. The van der Waals surface area contributed by atoms with Crippen LogP contribution >= 0.6 is 11.6 Å². The molecule has 1 aliphatic carbocycles. The Hall–Kier alpha value is -1.82. The molecule has 2 atom stereocenters. The quantitative estimate of drug-likeness (QED) is 0.612. The monoisotopic (exact) mass is 352 g/mol. The maximum absolute atomic E-state index is 12.4. The number of fused-ring (bicyclic) bond motifs is 1. The number of likely N-dealkylation sites (tertiary alicyclic amines) is 1. The Morgan fingerprint density at radius 3 is 2.79 bits per heavy atom. The van der Waals surface area contributed by atoms with Crippen molar-refractivity contribution >= 4 is 23.2 Å². The van der Waals surface area contributed by atoms with Crippen LogP contribution in [-0.2, 0) is 4.79 Å². The van der Waals surface area contributed by atoms with Gasteiger partial charge in [0.1, 0.15) is 0 Å². The highest BCUT2D eigenvalue weighted by Gasteiger charge is 2.33. The topological polar surface area (TPSA) is 72.7 Å². The van der Waals surface area contributed by atoms with Crippen LogP contribution in [0.2, 0.25) is 5.02 Å². The lowest BCUT2D eigenvalue weighted by molar-refractivity contribution is -0.385. The van der Waals surface area contributed by atoms with Gasteiger partial charge in [0.2, 0.25) is 0 Å². The Morgan fingerprint density at radius 1 is 1.29 bits per heavy atom. The van der Waals surface area contributed by atoms with E-state index in [1.807, 2.05) is 4.90 Å². The van der Waals surface area contributed by atoms with Crippen LogP contribution in [0.15, 0.2) is 18.2 Å². The summed E-state index contributed by atoms with van der Waals surface area (Å²) in [6, 6.07) is 4.18. The van der Waals surface area contributed by atoms with Gasteiger partial charge >= 0.3 is 5.69 Å². The molecule has 0 spiro atoms. The van der Waals surface area contributed by atoms with Crippen molar-refractivity contribution in [2.24, 2.45) is 11.8 Å². The number of carbonyl (C=O) groups is 1. The number of halogens is 1. The van der Waals surface area contributed by atoms with E-state index in [4.69, 9.17) is 16.3 Å². The first kappa shape index (κ1) is 17.0. The summed E-state index contributed by atoms with van der Waals surface area (Å²) >= 11 is 5.78. The number of nitro groups is 1. The molecule has 1 aromatic rings. The number of piperidine rings is 1. The van der Waals surface area contributed by atoms with Gasteiger partial charge in [0.15, 0.2) is 12.4 Å². The zero-order valence-corrected chi connectivity index (χ0v) is 14.2. The molecule has 130 valence electrons. The zero-order chi connectivity index (χ0) is 17.1. The van der Waals surface area contributed by atoms with E-state index < -0.39 is 4.92 Å². The van der Waals surface area contributed by atoms with Crippen LogP contribution in [0.4, 0.5) is 5.69 Å². The van der Waals surface area contributed by atoms with Gasteiger partial charge in [0.25, 0.3) is 5.91 Å². The lowest BCUT2D eigenvalue weighted by Crippen LogP contribution is -2.46. The Kier molecular flexibility index (Phi) is 5.23. The van der Waals surface area contributed by atoms with Crippen molar-refractivity contribution in [1.29, 1.82) is 0 Å². The predicted octanol–water partition coefficient (Wildman–Crippen LogP) is 3.67. The fourth-order valence-electron chi connectivity index (χ4n) is 3.81. The second-order valence-electron chi connectivity index (χ2n) is 6.59. The normalized spacial score (nSPS) is 23.5. The Labute approximate surface area is 145 Å². The summed E-state index contributed by atoms with van der Waals surface area (Å²) in [5.41, 5.74) is -0.221. The van der Waals surface area contributed by atoms with E-state index in [0.717, 1.165) is 25.4 Å². The highest BCUT2D eigenvalue weighted by molar-refractivity contribution is 6.30. The molecule has 1 aliphatic heterocycles. The molecule has 1 aromatic carbocycles. The molecule has 0 radical (unpaired) electrons. The SMILES string of the molecule is O=C(COc1ccc(Cl)cc1[N+](=O)[O-])N1CC[C@H]2CCCC[C@@H]2C1. The van der Waals surface area contributed by atoms with Crippen LogP contribution < -0.4 is 4.74 Å². The average molecular weight is 353 g/mol. The van der Waals surface area contributed by atoms with Gasteiger partial charge in [-0.3, -0.25) is 14.9 Å². The van der Waals surface area contributed by atoms with Crippen LogP contribution in [0.25, 0.3) is 0 Å². The van der Waals surface area contributed by atoms with Gasteiger partial charge in [0.05, 0.1) is 4.92 Å². The molecule has 0 N–H and O–H groups in total. The number of nitro benzene ring substituents is 1. The second-order valence-corrected chi connectivity index (χ2v) is 7.03. The van der Waals surface area contributed by atoms with E-state index in [0.29, 0.717) is 5.92 Å². The molecule has 0 bridgehead atoms. The highest BCUT2D eigenvalue weighted by atomic mass is 35.5. The third-order valence-corrected chi connectivity index (χ3v) is 5.35. The molecule has 2 fully saturated rings. The fraction of sp³-hybridized carbons (Fsp3) is 0.588. The number of hydrogen-bond acceptors (Lipinski definition) is 4. The molecule has 1 amide bonds. The number of ether oxygens (including phenoxy) is 1. The summed E-state index contributed by atoms with van der Waals surface area (Å²) in [5.74, 6) is 1.32. The van der Waals surface area contributed by atoms with Gasteiger partial charge < -0.3 is 9.64 Å². The Balaban J connectivity index is 1.59. The van der Waals surface area contributed by atoms with Gasteiger partial charge in [-0.25, -0.2) is 0 Å². The number of hydrogen-bond donors (Lipinski definition) is 0. The highest BCUT2D eigenvalue weighted by Crippen LogP contribution is 2.36. The van der Waals surface area contributed by atoms with Gasteiger partial charge in [-0.15, -0.1) is 0 Å². The predicted molar refractivity (Wildman–Crippen MR) is 90.2 cm³/mol. The molecule has 0 unspecified atom stereocenters. The van der Waals surface area contributed by atoms with Gasteiger partial charge in [-0.2, -0.15) is 0 Å². The summed E-state index contributed by atoms with van der Waals surface area (Å²) in [4.78, 5) is 24.7. The summed E-state index contributed by atoms with van der Waals surface area (Å²) in [6.07, 6.45) is 6.07. The lowest BCUT2D eigenvalue weighted by Gasteiger charge is -2.41. The minimum absolute atomic E-state index is 0.0744. The van der Waals surface area contributed by atoms with Crippen LogP contribution in [0.3, 0.4) is 0 Å². The number of carbonyl (C=O) groups excluding carboxylic acids is 1. The van der Waals surface area contributed by atoms with Gasteiger partial charge in [0, 0.05) is 24.2 Å². The lowest BCUT2D eigenvalue weighted by atomic mass is 9.75. The van der Waals surface area contributed by atoms with E-state index in [2.05, 4.69) is 0 Å². The molecule has 6 nitrogen and oxygen atoms in total. The molecule has 1 heterocycles. The smallest absolute Gasteiger partial charge is 0.312 e. The van der Waals surface area contributed by atoms with Gasteiger partial charge in [-0.1, -0.05) is 30.9 Å². The molecule has 1 saturated heterocycles. The standard InChI is InChI=1S/C17H21ClN2O4/c18-14-5-6-16(15(9-14)20(22)23)24-11-17(21)19-8-7-12-3-1-2-4-13(12)10-19/h5-6,9,12-13H,1-4,7-8,10-11H2/t12-,13-/m1/s1. The van der Waals surface area contributed by atoms with E-state index >= 15 is 0 Å². The summed E-state index contributed by atoms with van der Waals surface area (Å²) in [6.45, 7) is 1.36. The molecule has 3 rings (SSSR count). The molecule has 1 saturated carbocycles. The van der Waals surface area contributed by atoms with Crippen LogP contribution in [0.5, 0.6) is 5.75 Å². The van der Waals surface area contributed by atoms with Gasteiger partial charge in [-0.05, 0) is 36.8 Å². The minimum Gasteiger partial charge on any atom is -0.477 e. The summed E-state index contributed by atoms with van der Waals surface area (Å²) in [7, 11) is 0. The summed E-state index contributed by atoms with van der Waals surface area (Å²) < 4.78 is 5.41. The van der Waals surface area contributed by atoms with Crippen molar-refractivity contribution in [3.05, 3.63) is 33.3 Å². The first-order chi connectivity index (χ1) is 11.5. The molecule has 0 aromatic heterocycles.